The zero-order valence-electron chi connectivity index (χ0n) is 9.90. The number of anilines is 1. The fourth-order valence-electron chi connectivity index (χ4n) is 1.62. The molecule has 0 saturated carbocycles. The minimum absolute atomic E-state index is 0.482. The molecular formula is C11H10F7N. The minimum atomic E-state index is -6.10. The number of nitrogens with zero attached hydrogens (tertiary/aromatic N) is 1. The third-order valence-electron chi connectivity index (χ3n) is 2.54. The summed E-state index contributed by atoms with van der Waals surface area (Å²) in [6, 6.07) is 3.62. The summed E-state index contributed by atoms with van der Waals surface area (Å²) in [5, 5.41) is 0. The molecule has 0 aliphatic carbocycles. The van der Waals surface area contributed by atoms with E-state index in [9.17, 15) is 30.7 Å². The van der Waals surface area contributed by atoms with Crippen LogP contribution in [0.25, 0.3) is 0 Å². The van der Waals surface area contributed by atoms with Crippen LogP contribution in [0.3, 0.4) is 0 Å². The van der Waals surface area contributed by atoms with Crippen molar-refractivity contribution in [3.8, 4) is 0 Å². The van der Waals surface area contributed by atoms with E-state index in [2.05, 4.69) is 0 Å². The Hall–Kier alpha value is -1.47. The van der Waals surface area contributed by atoms with Crippen LogP contribution in [-0.2, 0) is 5.67 Å². The number of rotatable bonds is 2. The highest BCUT2D eigenvalue weighted by molar-refractivity contribution is 5.56. The van der Waals surface area contributed by atoms with Crippen LogP contribution in [0, 0.1) is 0 Å². The first-order chi connectivity index (χ1) is 8.43. The number of benzene rings is 1. The van der Waals surface area contributed by atoms with Gasteiger partial charge in [0.05, 0.1) is 0 Å². The van der Waals surface area contributed by atoms with Crippen LogP contribution in [0.5, 0.6) is 0 Å². The topological polar surface area (TPSA) is 3.24 Å². The standard InChI is InChI=1S/C11H10F7N/c1-19(2)8-6-4-3-5-7(8)9(12,10(13,14)15)11(16,17)18/h3-6H,1-2H3. The Labute approximate surface area is 104 Å². The summed E-state index contributed by atoms with van der Waals surface area (Å²) in [7, 11) is 2.46. The maximum absolute atomic E-state index is 13.9. The first kappa shape index (κ1) is 15.6. The summed E-state index contributed by atoms with van der Waals surface area (Å²) >= 11 is 0. The summed E-state index contributed by atoms with van der Waals surface area (Å²) in [6.07, 6.45) is -12.2. The molecule has 0 aliphatic rings. The van der Waals surface area contributed by atoms with Gasteiger partial charge in [-0.05, 0) is 6.07 Å². The smallest absolute Gasteiger partial charge is 0.377 e. The Morgan fingerprint density at radius 1 is 0.789 bits per heavy atom. The van der Waals surface area contributed by atoms with Crippen molar-refractivity contribution in [2.75, 3.05) is 19.0 Å². The van der Waals surface area contributed by atoms with Gasteiger partial charge in [0.15, 0.2) is 0 Å². The number of hydrogen-bond donors (Lipinski definition) is 0. The van der Waals surface area contributed by atoms with Crippen LogP contribution in [0.4, 0.5) is 36.4 Å². The molecule has 0 bridgehead atoms. The summed E-state index contributed by atoms with van der Waals surface area (Å²) < 4.78 is 89.6. The van der Waals surface area contributed by atoms with E-state index in [0.29, 0.717) is 6.07 Å². The molecule has 0 aliphatic heterocycles. The van der Waals surface area contributed by atoms with Gasteiger partial charge in [0.2, 0.25) is 0 Å². The van der Waals surface area contributed by atoms with Crippen molar-refractivity contribution in [1.82, 2.24) is 0 Å². The highest BCUT2D eigenvalue weighted by Crippen LogP contribution is 2.55. The SMILES string of the molecule is CN(C)c1ccccc1C(F)(C(F)(F)F)C(F)(F)F. The molecule has 0 heterocycles. The molecule has 0 aromatic heterocycles. The van der Waals surface area contributed by atoms with Gasteiger partial charge in [-0.2, -0.15) is 26.3 Å². The third-order valence-corrected chi connectivity index (χ3v) is 2.54. The Morgan fingerprint density at radius 2 is 1.21 bits per heavy atom. The van der Waals surface area contributed by atoms with Gasteiger partial charge in [0, 0.05) is 25.3 Å². The van der Waals surface area contributed by atoms with Crippen molar-refractivity contribution in [3.63, 3.8) is 0 Å². The second-order valence-corrected chi connectivity index (χ2v) is 4.07. The lowest BCUT2D eigenvalue weighted by atomic mass is 9.92. The van der Waals surface area contributed by atoms with E-state index in [1.807, 2.05) is 0 Å². The van der Waals surface area contributed by atoms with Gasteiger partial charge in [-0.15, -0.1) is 0 Å². The molecule has 19 heavy (non-hydrogen) atoms. The van der Waals surface area contributed by atoms with E-state index in [-0.39, 0.29) is 0 Å². The van der Waals surface area contributed by atoms with Crippen molar-refractivity contribution in [3.05, 3.63) is 29.8 Å². The zero-order valence-corrected chi connectivity index (χ0v) is 9.90. The molecule has 0 fully saturated rings. The molecule has 0 saturated heterocycles. The fourth-order valence-corrected chi connectivity index (χ4v) is 1.62. The predicted octanol–water partition coefficient (Wildman–Crippen LogP) is 4.04. The van der Waals surface area contributed by atoms with Gasteiger partial charge in [-0.25, -0.2) is 4.39 Å². The maximum atomic E-state index is 13.9. The van der Waals surface area contributed by atoms with E-state index in [1.165, 1.54) is 20.2 Å². The molecule has 8 heteroatoms. The normalized spacial score (nSPS) is 13.5. The minimum Gasteiger partial charge on any atom is -0.377 e. The molecule has 1 aromatic rings. The third kappa shape index (κ3) is 2.48. The molecule has 0 radical (unpaired) electrons. The largest absolute Gasteiger partial charge is 0.436 e. The van der Waals surface area contributed by atoms with E-state index < -0.39 is 29.3 Å². The predicted molar refractivity (Wildman–Crippen MR) is 55.7 cm³/mol. The van der Waals surface area contributed by atoms with Gasteiger partial charge in [-0.3, -0.25) is 0 Å². The van der Waals surface area contributed by atoms with Crippen LogP contribution in [0.1, 0.15) is 5.56 Å². The summed E-state index contributed by atoms with van der Waals surface area (Å²) in [4.78, 5) is 0.987. The van der Waals surface area contributed by atoms with Crippen molar-refractivity contribution in [1.29, 1.82) is 0 Å². The highest BCUT2D eigenvalue weighted by atomic mass is 19.4. The van der Waals surface area contributed by atoms with Gasteiger partial charge >= 0.3 is 18.0 Å². The Morgan fingerprint density at radius 3 is 1.58 bits per heavy atom. The molecule has 0 spiro atoms. The second kappa shape index (κ2) is 4.57. The Kier molecular flexibility index (Phi) is 3.75. The monoisotopic (exact) mass is 289 g/mol. The van der Waals surface area contributed by atoms with Crippen LogP contribution in [-0.4, -0.2) is 26.4 Å². The quantitative estimate of drug-likeness (QED) is 0.743. The van der Waals surface area contributed by atoms with Crippen molar-refractivity contribution in [2.45, 2.75) is 18.0 Å². The van der Waals surface area contributed by atoms with E-state index in [4.69, 9.17) is 0 Å². The van der Waals surface area contributed by atoms with E-state index >= 15 is 0 Å². The van der Waals surface area contributed by atoms with Crippen LogP contribution in [0.2, 0.25) is 0 Å². The lowest BCUT2D eigenvalue weighted by Gasteiger charge is -2.33. The molecule has 0 unspecified atom stereocenters. The van der Waals surface area contributed by atoms with E-state index in [1.54, 1.807) is 0 Å². The maximum Gasteiger partial charge on any atom is 0.436 e. The van der Waals surface area contributed by atoms with E-state index in [0.717, 1.165) is 17.0 Å². The number of hydrogen-bond acceptors (Lipinski definition) is 1. The van der Waals surface area contributed by atoms with Crippen molar-refractivity contribution in [2.24, 2.45) is 0 Å². The van der Waals surface area contributed by atoms with Crippen LogP contribution in [0.15, 0.2) is 24.3 Å². The zero-order chi connectivity index (χ0) is 15.1. The second-order valence-electron chi connectivity index (χ2n) is 4.07. The first-order valence-corrected chi connectivity index (χ1v) is 5.02. The molecule has 0 N–H and O–H groups in total. The summed E-state index contributed by atoms with van der Waals surface area (Å²) in [5.74, 6) is 0. The highest BCUT2D eigenvalue weighted by Gasteiger charge is 2.74. The molecule has 0 amide bonds. The van der Waals surface area contributed by atoms with Gasteiger partial charge in [0.25, 0.3) is 0 Å². The molecular weight excluding hydrogens is 279 g/mol. The van der Waals surface area contributed by atoms with Gasteiger partial charge in [0.1, 0.15) is 0 Å². The first-order valence-electron chi connectivity index (χ1n) is 5.02. The summed E-state index contributed by atoms with van der Waals surface area (Å²) in [6.45, 7) is 0. The van der Waals surface area contributed by atoms with Crippen molar-refractivity contribution < 1.29 is 30.7 Å². The fraction of sp³-hybridized carbons (Fsp3) is 0.455. The Bertz CT molecular complexity index is 433. The Balaban J connectivity index is 3.62. The number of para-hydroxylation sites is 1. The number of alkyl halides is 7. The molecule has 108 valence electrons. The average Bonchev–Trinajstić information content (AvgIpc) is 2.24. The van der Waals surface area contributed by atoms with Crippen LogP contribution < -0.4 is 4.90 Å². The summed E-state index contributed by atoms with van der Waals surface area (Å²) in [5.41, 5.74) is -7.36. The molecule has 1 aromatic carbocycles. The number of halogens is 7. The van der Waals surface area contributed by atoms with Gasteiger partial charge in [-0.1, -0.05) is 18.2 Å². The lowest BCUT2D eigenvalue weighted by molar-refractivity contribution is -0.348. The van der Waals surface area contributed by atoms with Crippen LogP contribution >= 0.6 is 0 Å². The molecule has 1 rings (SSSR count). The molecule has 1 nitrogen and oxygen atoms in total. The molecule has 0 atom stereocenters. The van der Waals surface area contributed by atoms with Crippen molar-refractivity contribution >= 4 is 5.69 Å². The average molecular weight is 289 g/mol. The van der Waals surface area contributed by atoms with Gasteiger partial charge < -0.3 is 4.90 Å². The lowest BCUT2D eigenvalue weighted by Crippen LogP contribution is -2.51.